The number of hydrogen-bond donors (Lipinski definition) is 2. The molecule has 1 saturated heterocycles. The number of aromatic nitrogens is 1. The summed E-state index contributed by atoms with van der Waals surface area (Å²) in [4.78, 5) is 11.2. The second-order valence-corrected chi connectivity index (χ2v) is 6.77. The van der Waals surface area contributed by atoms with E-state index in [1.165, 1.54) is 12.8 Å². The maximum Gasteiger partial charge on any atom is 0.218 e. The molecule has 7 heteroatoms. The van der Waals surface area contributed by atoms with Crippen LogP contribution in [0.4, 0.5) is 0 Å². The van der Waals surface area contributed by atoms with E-state index in [0.717, 1.165) is 44.4 Å². The van der Waals surface area contributed by atoms with Crippen molar-refractivity contribution in [2.45, 2.75) is 39.3 Å². The van der Waals surface area contributed by atoms with Gasteiger partial charge in [-0.05, 0) is 12.0 Å². The van der Waals surface area contributed by atoms with E-state index in [9.17, 15) is 0 Å². The lowest BCUT2D eigenvalue weighted by molar-refractivity contribution is 0.00272. The van der Waals surface area contributed by atoms with Crippen molar-refractivity contribution in [1.82, 2.24) is 20.5 Å². The fraction of sp³-hybridized carbons (Fsp3) is 0.700. The minimum atomic E-state index is 0.482. The third kappa shape index (κ3) is 6.36. The van der Waals surface area contributed by atoms with Crippen LogP contribution in [-0.4, -0.2) is 68.9 Å². The fourth-order valence-electron chi connectivity index (χ4n) is 3.68. The van der Waals surface area contributed by atoms with Gasteiger partial charge in [-0.15, -0.1) is 0 Å². The normalized spacial score (nSPS) is 17.0. The van der Waals surface area contributed by atoms with Crippen LogP contribution in [-0.2, 0) is 11.3 Å². The Hall–Kier alpha value is -1.86. The van der Waals surface area contributed by atoms with E-state index < -0.39 is 0 Å². The summed E-state index contributed by atoms with van der Waals surface area (Å²) >= 11 is 0. The summed E-state index contributed by atoms with van der Waals surface area (Å²) in [5.41, 5.74) is 1.01. The molecule has 2 rings (SSSR count). The van der Waals surface area contributed by atoms with Gasteiger partial charge in [-0.2, -0.15) is 0 Å². The Balaban J connectivity index is 1.94. The predicted octanol–water partition coefficient (Wildman–Crippen LogP) is 1.89. The summed E-state index contributed by atoms with van der Waals surface area (Å²) in [5.74, 6) is 2.10. The van der Waals surface area contributed by atoms with Crippen LogP contribution in [0.1, 0.15) is 32.3 Å². The van der Waals surface area contributed by atoms with Crippen molar-refractivity contribution in [2.24, 2.45) is 10.9 Å². The van der Waals surface area contributed by atoms with Crippen molar-refractivity contribution >= 4 is 5.96 Å². The highest BCUT2D eigenvalue weighted by atomic mass is 16.5. The molecule has 2 N–H and O–H groups in total. The lowest BCUT2D eigenvalue weighted by Crippen LogP contribution is -2.53. The van der Waals surface area contributed by atoms with Crippen LogP contribution in [0.3, 0.4) is 0 Å². The van der Waals surface area contributed by atoms with E-state index >= 15 is 0 Å². The molecule has 1 aliphatic heterocycles. The molecule has 1 atom stereocenters. The molecule has 2 heterocycles. The number of methoxy groups -OCH3 is 1. The molecule has 0 radical (unpaired) electrons. The Kier molecular flexibility index (Phi) is 9.35. The van der Waals surface area contributed by atoms with E-state index in [-0.39, 0.29) is 0 Å². The summed E-state index contributed by atoms with van der Waals surface area (Å²) in [6.07, 6.45) is 4.09. The van der Waals surface area contributed by atoms with Crippen molar-refractivity contribution in [2.75, 3.05) is 47.0 Å². The molecular formula is C20H35N5O2. The molecule has 27 heavy (non-hydrogen) atoms. The van der Waals surface area contributed by atoms with E-state index in [2.05, 4.69) is 39.4 Å². The molecule has 0 amide bonds. The molecule has 152 valence electrons. The first kappa shape index (κ1) is 21.4. The van der Waals surface area contributed by atoms with Crippen LogP contribution >= 0.6 is 0 Å². The first-order valence-corrected chi connectivity index (χ1v) is 9.97. The number of morpholine rings is 1. The SMILES string of the molecule is CCC(CC)C(CNC(=NC)NCc1cccnc1OC)N1CCOCC1. The van der Waals surface area contributed by atoms with Crippen LogP contribution in [0.2, 0.25) is 0 Å². The number of aliphatic imine (C=N–C) groups is 1. The third-order valence-electron chi connectivity index (χ3n) is 5.30. The largest absolute Gasteiger partial charge is 0.481 e. The minimum Gasteiger partial charge on any atom is -0.481 e. The fourth-order valence-corrected chi connectivity index (χ4v) is 3.68. The summed E-state index contributed by atoms with van der Waals surface area (Å²) < 4.78 is 10.9. The highest BCUT2D eigenvalue weighted by Crippen LogP contribution is 2.19. The molecule has 7 nitrogen and oxygen atoms in total. The van der Waals surface area contributed by atoms with Gasteiger partial charge < -0.3 is 20.1 Å². The van der Waals surface area contributed by atoms with Crippen LogP contribution in [0.25, 0.3) is 0 Å². The zero-order valence-corrected chi connectivity index (χ0v) is 17.2. The first-order valence-electron chi connectivity index (χ1n) is 9.97. The molecular weight excluding hydrogens is 342 g/mol. The lowest BCUT2D eigenvalue weighted by Gasteiger charge is -2.39. The molecule has 1 fully saturated rings. The maximum absolute atomic E-state index is 5.54. The number of pyridine rings is 1. The van der Waals surface area contributed by atoms with Crippen LogP contribution in [0.5, 0.6) is 5.88 Å². The molecule has 1 aliphatic rings. The van der Waals surface area contributed by atoms with E-state index in [1.807, 2.05) is 12.1 Å². The number of hydrogen-bond acceptors (Lipinski definition) is 5. The Bertz CT molecular complexity index is 571. The molecule has 0 saturated carbocycles. The van der Waals surface area contributed by atoms with E-state index in [1.54, 1.807) is 20.4 Å². The molecule has 1 aromatic heterocycles. The molecule has 0 spiro atoms. The second-order valence-electron chi connectivity index (χ2n) is 6.77. The Labute approximate surface area is 163 Å². The number of ether oxygens (including phenoxy) is 2. The van der Waals surface area contributed by atoms with Gasteiger partial charge >= 0.3 is 0 Å². The summed E-state index contributed by atoms with van der Waals surface area (Å²) in [6.45, 7) is 9.70. The molecule has 0 aliphatic carbocycles. The lowest BCUT2D eigenvalue weighted by atomic mass is 9.92. The molecule has 0 aromatic carbocycles. The first-order chi connectivity index (χ1) is 13.2. The van der Waals surface area contributed by atoms with E-state index in [4.69, 9.17) is 9.47 Å². The van der Waals surface area contributed by atoms with Crippen LogP contribution in [0, 0.1) is 5.92 Å². The number of nitrogens with one attached hydrogen (secondary N) is 2. The maximum atomic E-state index is 5.54. The highest BCUT2D eigenvalue weighted by molar-refractivity contribution is 5.79. The average molecular weight is 378 g/mol. The topological polar surface area (TPSA) is 71.0 Å². The summed E-state index contributed by atoms with van der Waals surface area (Å²) in [7, 11) is 3.44. The average Bonchev–Trinajstić information content (AvgIpc) is 2.74. The number of rotatable bonds is 9. The molecule has 1 aromatic rings. The van der Waals surface area contributed by atoms with E-state index in [0.29, 0.717) is 24.4 Å². The van der Waals surface area contributed by atoms with Crippen molar-refractivity contribution < 1.29 is 9.47 Å². The standard InChI is InChI=1S/C20H35N5O2/c1-5-16(6-2)18(25-10-12-27-13-11-25)15-24-20(21-3)23-14-17-8-7-9-22-19(17)26-4/h7-9,16,18H,5-6,10-15H2,1-4H3,(H2,21,23,24). The smallest absolute Gasteiger partial charge is 0.218 e. The van der Waals surface area contributed by atoms with Gasteiger partial charge in [0.25, 0.3) is 0 Å². The quantitative estimate of drug-likeness (QED) is 0.506. The highest BCUT2D eigenvalue weighted by Gasteiger charge is 2.27. The van der Waals surface area contributed by atoms with Gasteiger partial charge in [0, 0.05) is 51.0 Å². The Morgan fingerprint density at radius 2 is 2.04 bits per heavy atom. The second kappa shape index (κ2) is 11.8. The van der Waals surface area contributed by atoms with Gasteiger partial charge in [0.05, 0.1) is 20.3 Å². The summed E-state index contributed by atoms with van der Waals surface area (Å²) in [6, 6.07) is 4.40. The van der Waals surface area contributed by atoms with Gasteiger partial charge in [-0.3, -0.25) is 9.89 Å². The van der Waals surface area contributed by atoms with Crippen molar-refractivity contribution in [3.05, 3.63) is 23.9 Å². The third-order valence-corrected chi connectivity index (χ3v) is 5.30. The van der Waals surface area contributed by atoms with Crippen molar-refractivity contribution in [1.29, 1.82) is 0 Å². The van der Waals surface area contributed by atoms with Gasteiger partial charge in [0.15, 0.2) is 5.96 Å². The Morgan fingerprint density at radius 3 is 2.67 bits per heavy atom. The van der Waals surface area contributed by atoms with Crippen molar-refractivity contribution in [3.63, 3.8) is 0 Å². The Morgan fingerprint density at radius 1 is 1.30 bits per heavy atom. The molecule has 0 bridgehead atoms. The van der Waals surface area contributed by atoms with Gasteiger partial charge in [0.2, 0.25) is 5.88 Å². The van der Waals surface area contributed by atoms with Crippen LogP contribution in [0.15, 0.2) is 23.3 Å². The van der Waals surface area contributed by atoms with Gasteiger partial charge in [-0.25, -0.2) is 4.98 Å². The zero-order chi connectivity index (χ0) is 19.5. The zero-order valence-electron chi connectivity index (χ0n) is 17.2. The van der Waals surface area contributed by atoms with Crippen molar-refractivity contribution in [3.8, 4) is 5.88 Å². The van der Waals surface area contributed by atoms with Gasteiger partial charge in [0.1, 0.15) is 0 Å². The van der Waals surface area contributed by atoms with Gasteiger partial charge in [-0.1, -0.05) is 32.8 Å². The predicted molar refractivity (Wildman–Crippen MR) is 109 cm³/mol. The van der Waals surface area contributed by atoms with Crippen LogP contribution < -0.4 is 15.4 Å². The monoisotopic (exact) mass is 377 g/mol. The minimum absolute atomic E-state index is 0.482. The molecule has 1 unspecified atom stereocenters. The summed E-state index contributed by atoms with van der Waals surface area (Å²) in [5, 5.41) is 6.89. The number of guanidine groups is 1. The number of nitrogens with zero attached hydrogens (tertiary/aromatic N) is 3.